The average Bonchev–Trinajstić information content (AvgIpc) is 2.48. The van der Waals surface area contributed by atoms with Crippen LogP contribution < -0.4 is 5.32 Å². The average molecular weight is 353 g/mol. The van der Waals surface area contributed by atoms with Crippen LogP contribution in [0.15, 0.2) is 46.9 Å². The van der Waals surface area contributed by atoms with Gasteiger partial charge < -0.3 is 5.32 Å². The highest BCUT2D eigenvalue weighted by atomic mass is 79.9. The number of nitrogens with one attached hydrogen (secondary N) is 1. The van der Waals surface area contributed by atoms with Crippen molar-refractivity contribution in [2.24, 2.45) is 0 Å². The van der Waals surface area contributed by atoms with E-state index in [2.05, 4.69) is 21.2 Å². The quantitative estimate of drug-likeness (QED) is 0.676. The Balaban J connectivity index is 2.05. The van der Waals surface area contributed by atoms with Crippen LogP contribution in [0.4, 0.5) is 10.1 Å². The van der Waals surface area contributed by atoms with Crippen molar-refractivity contribution >= 4 is 27.5 Å². The first-order valence-electron chi connectivity index (χ1n) is 5.94. The van der Waals surface area contributed by atoms with Crippen molar-refractivity contribution in [3.05, 3.63) is 74.0 Å². The highest BCUT2D eigenvalue weighted by Crippen LogP contribution is 2.17. The minimum atomic E-state index is -0.498. The van der Waals surface area contributed by atoms with E-state index in [4.69, 9.17) is 0 Å². The molecule has 0 radical (unpaired) electrons. The van der Waals surface area contributed by atoms with Crippen LogP contribution >= 0.6 is 15.9 Å². The predicted molar refractivity (Wildman–Crippen MR) is 78.4 cm³/mol. The van der Waals surface area contributed by atoms with Gasteiger partial charge in [0.2, 0.25) is 0 Å². The van der Waals surface area contributed by atoms with Crippen LogP contribution in [0.1, 0.15) is 15.9 Å². The van der Waals surface area contributed by atoms with Gasteiger partial charge >= 0.3 is 0 Å². The summed E-state index contributed by atoms with van der Waals surface area (Å²) in [6.45, 7) is 0.148. The third kappa shape index (κ3) is 3.85. The fourth-order valence-corrected chi connectivity index (χ4v) is 2.08. The number of amides is 1. The molecule has 7 heteroatoms. The van der Waals surface area contributed by atoms with Crippen LogP contribution in [-0.2, 0) is 6.54 Å². The second-order valence-electron chi connectivity index (χ2n) is 4.24. The Morgan fingerprint density at radius 3 is 2.71 bits per heavy atom. The smallest absolute Gasteiger partial charge is 0.269 e. The molecular formula is C14H10BrFN2O3. The largest absolute Gasteiger partial charge is 0.348 e. The summed E-state index contributed by atoms with van der Waals surface area (Å²) in [5, 5.41) is 13.3. The van der Waals surface area contributed by atoms with E-state index in [1.54, 1.807) is 12.1 Å². The third-order valence-electron chi connectivity index (χ3n) is 2.76. The Morgan fingerprint density at radius 1 is 1.29 bits per heavy atom. The van der Waals surface area contributed by atoms with Gasteiger partial charge in [-0.1, -0.05) is 12.1 Å². The second-order valence-corrected chi connectivity index (χ2v) is 5.09. The molecule has 0 unspecified atom stereocenters. The van der Waals surface area contributed by atoms with Gasteiger partial charge in [0, 0.05) is 24.2 Å². The maximum atomic E-state index is 13.1. The van der Waals surface area contributed by atoms with E-state index in [0.717, 1.165) is 0 Å². The molecule has 0 atom stereocenters. The molecule has 0 bridgehead atoms. The Morgan fingerprint density at radius 2 is 2.05 bits per heavy atom. The summed E-state index contributed by atoms with van der Waals surface area (Å²) in [5.41, 5.74) is 0.874. The van der Waals surface area contributed by atoms with Gasteiger partial charge in [-0.05, 0) is 39.7 Å². The van der Waals surface area contributed by atoms with Gasteiger partial charge in [-0.3, -0.25) is 14.9 Å². The summed E-state index contributed by atoms with van der Waals surface area (Å²) in [6.07, 6.45) is 0. The van der Waals surface area contributed by atoms with Crippen molar-refractivity contribution in [3.8, 4) is 0 Å². The van der Waals surface area contributed by atoms with E-state index >= 15 is 0 Å². The lowest BCUT2D eigenvalue weighted by Crippen LogP contribution is -2.22. The second kappa shape index (κ2) is 6.45. The van der Waals surface area contributed by atoms with Crippen LogP contribution in [-0.4, -0.2) is 10.8 Å². The molecular weight excluding hydrogens is 343 g/mol. The Kier molecular flexibility index (Phi) is 4.64. The van der Waals surface area contributed by atoms with Gasteiger partial charge in [0.15, 0.2) is 0 Å². The molecule has 2 rings (SSSR count). The molecule has 0 aromatic heterocycles. The molecule has 5 nitrogen and oxygen atoms in total. The van der Waals surface area contributed by atoms with E-state index in [1.165, 1.54) is 30.3 Å². The molecule has 2 aromatic rings. The zero-order valence-electron chi connectivity index (χ0n) is 10.7. The molecule has 21 heavy (non-hydrogen) atoms. The highest BCUT2D eigenvalue weighted by Gasteiger charge is 2.10. The van der Waals surface area contributed by atoms with Gasteiger partial charge in [-0.25, -0.2) is 4.39 Å². The molecule has 1 amide bonds. The molecule has 0 heterocycles. The van der Waals surface area contributed by atoms with E-state index < -0.39 is 10.7 Å². The molecule has 0 saturated heterocycles. The summed E-state index contributed by atoms with van der Waals surface area (Å²) >= 11 is 3.01. The number of carbonyl (C=O) groups is 1. The highest BCUT2D eigenvalue weighted by molar-refractivity contribution is 9.10. The summed E-state index contributed by atoms with van der Waals surface area (Å²) in [4.78, 5) is 22.1. The maximum absolute atomic E-state index is 13.1. The molecule has 0 aliphatic carbocycles. The Labute approximate surface area is 128 Å². The minimum Gasteiger partial charge on any atom is -0.348 e. The van der Waals surface area contributed by atoms with E-state index in [1.807, 2.05) is 0 Å². The van der Waals surface area contributed by atoms with Crippen LogP contribution in [0.3, 0.4) is 0 Å². The first kappa shape index (κ1) is 15.1. The number of halogens is 2. The van der Waals surface area contributed by atoms with E-state index in [-0.39, 0.29) is 22.6 Å². The van der Waals surface area contributed by atoms with Gasteiger partial charge in [-0.15, -0.1) is 0 Å². The maximum Gasteiger partial charge on any atom is 0.269 e. The lowest BCUT2D eigenvalue weighted by Gasteiger charge is -2.06. The Hall–Kier alpha value is -2.28. The lowest BCUT2D eigenvalue weighted by atomic mass is 10.2. The molecule has 108 valence electrons. The van der Waals surface area contributed by atoms with E-state index in [9.17, 15) is 19.3 Å². The molecule has 2 aromatic carbocycles. The van der Waals surface area contributed by atoms with Crippen molar-refractivity contribution in [2.45, 2.75) is 6.54 Å². The summed E-state index contributed by atoms with van der Waals surface area (Å²) in [7, 11) is 0. The molecule has 0 saturated carbocycles. The van der Waals surface area contributed by atoms with Crippen LogP contribution in [0.2, 0.25) is 0 Å². The van der Waals surface area contributed by atoms with Crippen molar-refractivity contribution in [2.75, 3.05) is 0 Å². The summed E-state index contributed by atoms with van der Waals surface area (Å²) in [5.74, 6) is -0.840. The van der Waals surface area contributed by atoms with Gasteiger partial charge in [0.25, 0.3) is 11.6 Å². The van der Waals surface area contributed by atoms with Crippen molar-refractivity contribution in [1.82, 2.24) is 5.32 Å². The van der Waals surface area contributed by atoms with Crippen LogP contribution in [0.25, 0.3) is 0 Å². The number of nitro benzene ring substituents is 1. The number of hydrogen-bond donors (Lipinski definition) is 1. The van der Waals surface area contributed by atoms with Crippen molar-refractivity contribution in [1.29, 1.82) is 0 Å². The van der Waals surface area contributed by atoms with Crippen LogP contribution in [0, 0.1) is 15.9 Å². The normalized spacial score (nSPS) is 10.2. The topological polar surface area (TPSA) is 72.2 Å². The van der Waals surface area contributed by atoms with Crippen molar-refractivity contribution in [3.63, 3.8) is 0 Å². The molecule has 0 fully saturated rings. The van der Waals surface area contributed by atoms with E-state index in [0.29, 0.717) is 11.1 Å². The van der Waals surface area contributed by atoms with Gasteiger partial charge in [0.1, 0.15) is 5.82 Å². The fourth-order valence-electron chi connectivity index (χ4n) is 1.70. The first-order chi connectivity index (χ1) is 9.97. The minimum absolute atomic E-state index is 0.0359. The number of non-ortho nitro benzene ring substituents is 1. The molecule has 0 spiro atoms. The zero-order valence-corrected chi connectivity index (χ0v) is 12.3. The lowest BCUT2D eigenvalue weighted by molar-refractivity contribution is -0.384. The number of hydrogen-bond acceptors (Lipinski definition) is 3. The standard InChI is InChI=1S/C14H10BrFN2O3/c15-12-7-10(4-5-13(12)16)14(19)17-8-9-2-1-3-11(6-9)18(20)21/h1-7H,8H2,(H,17,19). The SMILES string of the molecule is O=C(NCc1cccc([N+](=O)[O-])c1)c1ccc(F)c(Br)c1. The van der Waals surface area contributed by atoms with Gasteiger partial charge in [0.05, 0.1) is 9.40 Å². The molecule has 0 aliphatic heterocycles. The monoisotopic (exact) mass is 352 g/mol. The first-order valence-corrected chi connectivity index (χ1v) is 6.73. The Bertz CT molecular complexity index is 706. The number of nitrogens with zero attached hydrogens (tertiary/aromatic N) is 1. The van der Waals surface area contributed by atoms with Gasteiger partial charge in [-0.2, -0.15) is 0 Å². The molecule has 1 N–H and O–H groups in total. The summed E-state index contributed by atoms with van der Waals surface area (Å²) in [6, 6.07) is 9.92. The number of benzene rings is 2. The van der Waals surface area contributed by atoms with Crippen LogP contribution in [0.5, 0.6) is 0 Å². The molecule has 0 aliphatic rings. The summed E-state index contributed by atoms with van der Waals surface area (Å²) < 4.78 is 13.3. The number of carbonyl (C=O) groups excluding carboxylic acids is 1. The number of nitro groups is 1. The predicted octanol–water partition coefficient (Wildman–Crippen LogP) is 3.43. The van der Waals surface area contributed by atoms with Crippen molar-refractivity contribution < 1.29 is 14.1 Å². The third-order valence-corrected chi connectivity index (χ3v) is 3.36. The zero-order chi connectivity index (χ0) is 15.4. The number of rotatable bonds is 4. The fraction of sp³-hybridized carbons (Fsp3) is 0.0714.